The lowest BCUT2D eigenvalue weighted by Gasteiger charge is -2.31. The van der Waals surface area contributed by atoms with Gasteiger partial charge in [-0.2, -0.15) is 0 Å². The zero-order valence-electron chi connectivity index (χ0n) is 14.7. The second kappa shape index (κ2) is 7.61. The fourth-order valence-electron chi connectivity index (χ4n) is 3.88. The molecule has 1 aromatic carbocycles. The highest BCUT2D eigenvalue weighted by molar-refractivity contribution is 7.22. The van der Waals surface area contributed by atoms with E-state index in [9.17, 15) is 9.59 Å². The summed E-state index contributed by atoms with van der Waals surface area (Å²) in [6.45, 7) is 1.56. The number of hydrazine groups is 1. The third-order valence-corrected chi connectivity index (χ3v) is 6.48. The molecule has 1 saturated heterocycles. The van der Waals surface area contributed by atoms with Crippen LogP contribution in [-0.2, 0) is 9.59 Å². The van der Waals surface area contributed by atoms with E-state index in [0.29, 0.717) is 6.54 Å². The molecule has 2 amide bonds. The van der Waals surface area contributed by atoms with Crippen molar-refractivity contribution in [2.45, 2.75) is 38.5 Å². The highest BCUT2D eigenvalue weighted by Gasteiger charge is 2.29. The molecule has 2 aliphatic rings. The average molecular weight is 372 g/mol. The van der Waals surface area contributed by atoms with Crippen molar-refractivity contribution < 1.29 is 9.59 Å². The quantitative estimate of drug-likeness (QED) is 0.813. The monoisotopic (exact) mass is 372 g/mol. The number of amides is 2. The van der Waals surface area contributed by atoms with Crippen LogP contribution in [-0.4, -0.2) is 29.9 Å². The van der Waals surface area contributed by atoms with Crippen LogP contribution < -0.4 is 15.8 Å². The highest BCUT2D eigenvalue weighted by atomic mass is 32.1. The van der Waals surface area contributed by atoms with E-state index in [1.54, 1.807) is 11.3 Å². The number of hydrogen-bond acceptors (Lipinski definition) is 5. The van der Waals surface area contributed by atoms with Gasteiger partial charge in [-0.1, -0.05) is 36.3 Å². The van der Waals surface area contributed by atoms with Crippen molar-refractivity contribution in [1.29, 1.82) is 0 Å². The SMILES string of the molecule is O=C(NNC(=O)[C@@H]1CCCN(c2nc3ccccc3s2)C1)C1CCCC1. The minimum absolute atomic E-state index is 0.0466. The topological polar surface area (TPSA) is 74.3 Å². The Labute approximate surface area is 156 Å². The van der Waals surface area contributed by atoms with Crippen LogP contribution in [0.2, 0.25) is 0 Å². The van der Waals surface area contributed by atoms with Crippen LogP contribution >= 0.6 is 11.3 Å². The number of fused-ring (bicyclic) bond motifs is 1. The zero-order chi connectivity index (χ0) is 17.9. The molecule has 0 spiro atoms. The Morgan fingerprint density at radius 2 is 1.69 bits per heavy atom. The molecule has 2 N–H and O–H groups in total. The Bertz CT molecular complexity index is 767. The van der Waals surface area contributed by atoms with Crippen LogP contribution in [0.3, 0.4) is 0 Å². The predicted molar refractivity (Wildman–Crippen MR) is 103 cm³/mol. The van der Waals surface area contributed by atoms with E-state index in [1.807, 2.05) is 18.2 Å². The van der Waals surface area contributed by atoms with Crippen LogP contribution in [0.1, 0.15) is 38.5 Å². The molecule has 2 aromatic rings. The molecule has 1 aromatic heterocycles. The van der Waals surface area contributed by atoms with Crippen molar-refractivity contribution in [2.75, 3.05) is 18.0 Å². The number of piperidine rings is 1. The van der Waals surface area contributed by atoms with Crippen LogP contribution in [0.15, 0.2) is 24.3 Å². The van der Waals surface area contributed by atoms with Gasteiger partial charge in [-0.05, 0) is 37.8 Å². The van der Waals surface area contributed by atoms with Crippen LogP contribution in [0, 0.1) is 11.8 Å². The third-order valence-electron chi connectivity index (χ3n) is 5.38. The van der Waals surface area contributed by atoms with Crippen LogP contribution in [0.5, 0.6) is 0 Å². The molecule has 138 valence electrons. The summed E-state index contributed by atoms with van der Waals surface area (Å²) >= 11 is 1.67. The Balaban J connectivity index is 1.35. The smallest absolute Gasteiger partial charge is 0.243 e. The molecule has 7 heteroatoms. The van der Waals surface area contributed by atoms with Gasteiger partial charge in [0.25, 0.3) is 0 Å². The number of nitrogens with zero attached hydrogens (tertiary/aromatic N) is 2. The standard InChI is InChI=1S/C19H24N4O2S/c24-17(13-6-1-2-7-13)21-22-18(25)14-8-5-11-23(12-14)19-20-15-9-3-4-10-16(15)26-19/h3-4,9-10,13-14H,1-2,5-8,11-12H2,(H,21,24)(H,22,25)/t14-/m1/s1. The first-order valence-electron chi connectivity index (χ1n) is 9.41. The van der Waals surface area contributed by atoms with Crippen molar-refractivity contribution in [2.24, 2.45) is 11.8 Å². The van der Waals surface area contributed by atoms with Gasteiger partial charge >= 0.3 is 0 Å². The summed E-state index contributed by atoms with van der Waals surface area (Å²) in [5, 5.41) is 0.971. The molecule has 1 aliphatic carbocycles. The minimum Gasteiger partial charge on any atom is -0.347 e. The van der Waals surface area contributed by atoms with E-state index in [0.717, 1.165) is 60.4 Å². The van der Waals surface area contributed by atoms with Gasteiger partial charge in [-0.15, -0.1) is 0 Å². The number of benzene rings is 1. The minimum atomic E-state index is -0.125. The molecule has 2 heterocycles. The van der Waals surface area contributed by atoms with E-state index >= 15 is 0 Å². The summed E-state index contributed by atoms with van der Waals surface area (Å²) < 4.78 is 1.16. The fourth-order valence-corrected chi connectivity index (χ4v) is 4.88. The number of carbonyl (C=O) groups excluding carboxylic acids is 2. The number of carbonyl (C=O) groups is 2. The molecule has 1 aliphatic heterocycles. The van der Waals surface area contributed by atoms with Crippen molar-refractivity contribution in [1.82, 2.24) is 15.8 Å². The largest absolute Gasteiger partial charge is 0.347 e. The molecule has 6 nitrogen and oxygen atoms in total. The van der Waals surface area contributed by atoms with Gasteiger partial charge < -0.3 is 4.90 Å². The maximum Gasteiger partial charge on any atom is 0.243 e. The lowest BCUT2D eigenvalue weighted by atomic mass is 9.98. The van der Waals surface area contributed by atoms with Gasteiger partial charge in [0.2, 0.25) is 11.8 Å². The van der Waals surface area contributed by atoms with Crippen LogP contribution in [0.25, 0.3) is 10.2 Å². The van der Waals surface area contributed by atoms with E-state index in [1.165, 1.54) is 0 Å². The van der Waals surface area contributed by atoms with Crippen molar-refractivity contribution in [3.05, 3.63) is 24.3 Å². The Morgan fingerprint density at radius 1 is 1.00 bits per heavy atom. The lowest BCUT2D eigenvalue weighted by molar-refractivity contribution is -0.133. The number of rotatable bonds is 3. The third kappa shape index (κ3) is 3.67. The highest BCUT2D eigenvalue weighted by Crippen LogP contribution is 2.31. The summed E-state index contributed by atoms with van der Waals surface area (Å²) in [6, 6.07) is 8.10. The number of hydrogen-bond donors (Lipinski definition) is 2. The van der Waals surface area contributed by atoms with E-state index in [-0.39, 0.29) is 23.7 Å². The molecule has 2 fully saturated rings. The maximum absolute atomic E-state index is 12.5. The maximum atomic E-state index is 12.5. The number of para-hydroxylation sites is 1. The Morgan fingerprint density at radius 3 is 2.46 bits per heavy atom. The molecule has 1 saturated carbocycles. The number of nitrogens with one attached hydrogen (secondary N) is 2. The average Bonchev–Trinajstić information content (AvgIpc) is 3.35. The van der Waals surface area contributed by atoms with Crippen molar-refractivity contribution >= 4 is 38.5 Å². The molecular weight excluding hydrogens is 348 g/mol. The predicted octanol–water partition coefficient (Wildman–Crippen LogP) is 2.85. The summed E-state index contributed by atoms with van der Waals surface area (Å²) in [7, 11) is 0. The van der Waals surface area contributed by atoms with Gasteiger partial charge in [-0.3, -0.25) is 20.4 Å². The Kier molecular flexibility index (Phi) is 5.06. The van der Waals surface area contributed by atoms with Gasteiger partial charge in [0.15, 0.2) is 5.13 Å². The summed E-state index contributed by atoms with van der Waals surface area (Å²) in [5.74, 6) is -0.211. The fraction of sp³-hybridized carbons (Fsp3) is 0.526. The Hall–Kier alpha value is -2.15. The number of aromatic nitrogens is 1. The van der Waals surface area contributed by atoms with E-state index in [2.05, 4.69) is 21.8 Å². The zero-order valence-corrected chi connectivity index (χ0v) is 15.6. The number of anilines is 1. The van der Waals surface area contributed by atoms with E-state index in [4.69, 9.17) is 4.98 Å². The second-order valence-corrected chi connectivity index (χ2v) is 8.22. The van der Waals surface area contributed by atoms with Crippen LogP contribution in [0.4, 0.5) is 5.13 Å². The molecule has 0 bridgehead atoms. The summed E-state index contributed by atoms with van der Waals surface area (Å²) in [5.41, 5.74) is 6.28. The van der Waals surface area contributed by atoms with E-state index < -0.39 is 0 Å². The molecule has 1 atom stereocenters. The van der Waals surface area contributed by atoms with Gasteiger partial charge in [-0.25, -0.2) is 4.98 Å². The molecule has 0 unspecified atom stereocenters. The molecular formula is C19H24N4O2S. The first-order valence-corrected chi connectivity index (χ1v) is 10.2. The van der Waals surface area contributed by atoms with Gasteiger partial charge in [0, 0.05) is 19.0 Å². The van der Waals surface area contributed by atoms with Crippen molar-refractivity contribution in [3.63, 3.8) is 0 Å². The first kappa shape index (κ1) is 17.3. The van der Waals surface area contributed by atoms with Gasteiger partial charge in [0.1, 0.15) is 0 Å². The molecule has 4 rings (SSSR count). The molecule has 26 heavy (non-hydrogen) atoms. The second-order valence-electron chi connectivity index (χ2n) is 7.21. The normalized spacial score (nSPS) is 21.1. The summed E-state index contributed by atoms with van der Waals surface area (Å²) in [6.07, 6.45) is 5.85. The van der Waals surface area contributed by atoms with Gasteiger partial charge in [0.05, 0.1) is 16.1 Å². The molecule has 0 radical (unpaired) electrons. The summed E-state index contributed by atoms with van der Waals surface area (Å²) in [4.78, 5) is 31.5. The van der Waals surface area contributed by atoms with Crippen molar-refractivity contribution in [3.8, 4) is 0 Å². The first-order chi connectivity index (χ1) is 12.7. The lowest BCUT2D eigenvalue weighted by Crippen LogP contribution is -2.50. The number of thiazole rings is 1.